The molecule has 0 aliphatic rings. The SMILES string of the molecule is CCC(C#N)(COC)NC(C)C. The van der Waals surface area contributed by atoms with Gasteiger partial charge in [-0.05, 0) is 20.3 Å². The van der Waals surface area contributed by atoms with Gasteiger partial charge in [-0.15, -0.1) is 0 Å². The summed E-state index contributed by atoms with van der Waals surface area (Å²) in [7, 11) is 1.61. The van der Waals surface area contributed by atoms with E-state index in [1.807, 2.05) is 20.8 Å². The van der Waals surface area contributed by atoms with Gasteiger partial charge in [0.1, 0.15) is 5.54 Å². The lowest BCUT2D eigenvalue weighted by atomic mass is 9.98. The van der Waals surface area contributed by atoms with Crippen LogP contribution in [0.5, 0.6) is 0 Å². The van der Waals surface area contributed by atoms with Gasteiger partial charge in [0, 0.05) is 13.2 Å². The van der Waals surface area contributed by atoms with Gasteiger partial charge in [0.2, 0.25) is 0 Å². The van der Waals surface area contributed by atoms with Gasteiger partial charge in [-0.25, -0.2) is 0 Å². The van der Waals surface area contributed by atoms with Gasteiger partial charge in [0.25, 0.3) is 0 Å². The Bertz CT molecular complexity index is 162. The Labute approximate surface area is 74.7 Å². The van der Waals surface area contributed by atoms with Crippen molar-refractivity contribution >= 4 is 0 Å². The van der Waals surface area contributed by atoms with Crippen LogP contribution >= 0.6 is 0 Å². The van der Waals surface area contributed by atoms with Crippen molar-refractivity contribution in [2.75, 3.05) is 13.7 Å². The lowest BCUT2D eigenvalue weighted by Gasteiger charge is -2.27. The third-order valence-corrected chi connectivity index (χ3v) is 1.77. The average Bonchev–Trinajstić information content (AvgIpc) is 2.03. The minimum atomic E-state index is -0.511. The van der Waals surface area contributed by atoms with Crippen molar-refractivity contribution in [3.05, 3.63) is 0 Å². The summed E-state index contributed by atoms with van der Waals surface area (Å²) in [6.45, 7) is 6.48. The number of hydrogen-bond acceptors (Lipinski definition) is 3. The standard InChI is InChI=1S/C9H18N2O/c1-5-9(6-10,7-12-4)11-8(2)3/h8,11H,5,7H2,1-4H3. The first-order chi connectivity index (χ1) is 5.60. The molecule has 0 aromatic heterocycles. The van der Waals surface area contributed by atoms with Gasteiger partial charge in [-0.1, -0.05) is 6.92 Å². The fourth-order valence-corrected chi connectivity index (χ4v) is 1.19. The quantitative estimate of drug-likeness (QED) is 0.676. The first-order valence-corrected chi connectivity index (χ1v) is 4.28. The van der Waals surface area contributed by atoms with Crippen molar-refractivity contribution in [3.8, 4) is 6.07 Å². The molecule has 3 heteroatoms. The molecule has 0 rings (SSSR count). The van der Waals surface area contributed by atoms with Crippen molar-refractivity contribution in [1.29, 1.82) is 5.26 Å². The molecule has 0 bridgehead atoms. The van der Waals surface area contributed by atoms with Crippen LogP contribution in [0.15, 0.2) is 0 Å². The van der Waals surface area contributed by atoms with Crippen LogP contribution in [0.2, 0.25) is 0 Å². The third-order valence-electron chi connectivity index (χ3n) is 1.77. The molecule has 70 valence electrons. The second-order valence-corrected chi connectivity index (χ2v) is 3.28. The lowest BCUT2D eigenvalue weighted by molar-refractivity contribution is 0.130. The van der Waals surface area contributed by atoms with Gasteiger partial charge in [0.15, 0.2) is 0 Å². The monoisotopic (exact) mass is 170 g/mol. The van der Waals surface area contributed by atoms with Gasteiger partial charge in [-0.3, -0.25) is 5.32 Å². The number of rotatable bonds is 5. The van der Waals surface area contributed by atoms with Crippen LogP contribution in [0.4, 0.5) is 0 Å². The fourth-order valence-electron chi connectivity index (χ4n) is 1.19. The smallest absolute Gasteiger partial charge is 0.130 e. The molecule has 0 spiro atoms. The molecule has 0 saturated heterocycles. The van der Waals surface area contributed by atoms with E-state index in [1.54, 1.807) is 7.11 Å². The molecule has 0 saturated carbocycles. The summed E-state index contributed by atoms with van der Waals surface area (Å²) in [6, 6.07) is 2.57. The van der Waals surface area contributed by atoms with Crippen LogP contribution in [0.25, 0.3) is 0 Å². The first kappa shape index (κ1) is 11.4. The Morgan fingerprint density at radius 3 is 2.42 bits per heavy atom. The summed E-state index contributed by atoms with van der Waals surface area (Å²) in [5, 5.41) is 12.2. The van der Waals surface area contributed by atoms with Gasteiger partial charge < -0.3 is 4.74 Å². The summed E-state index contributed by atoms with van der Waals surface area (Å²) in [5.41, 5.74) is -0.511. The maximum Gasteiger partial charge on any atom is 0.130 e. The molecule has 1 unspecified atom stereocenters. The van der Waals surface area contributed by atoms with Crippen molar-refractivity contribution < 1.29 is 4.74 Å². The molecule has 0 aliphatic heterocycles. The summed E-state index contributed by atoms with van der Waals surface area (Å²) >= 11 is 0. The highest BCUT2D eigenvalue weighted by molar-refractivity contribution is 5.07. The summed E-state index contributed by atoms with van der Waals surface area (Å²) in [6.07, 6.45) is 0.759. The Morgan fingerprint density at radius 2 is 2.17 bits per heavy atom. The maximum atomic E-state index is 8.96. The average molecular weight is 170 g/mol. The van der Waals surface area contributed by atoms with E-state index < -0.39 is 5.54 Å². The first-order valence-electron chi connectivity index (χ1n) is 4.28. The zero-order valence-corrected chi connectivity index (χ0v) is 8.35. The lowest BCUT2D eigenvalue weighted by Crippen LogP contribution is -2.50. The molecule has 0 fully saturated rings. The zero-order valence-electron chi connectivity index (χ0n) is 8.35. The molecular weight excluding hydrogens is 152 g/mol. The molecule has 12 heavy (non-hydrogen) atoms. The highest BCUT2D eigenvalue weighted by Gasteiger charge is 2.27. The van der Waals surface area contributed by atoms with Crippen LogP contribution in [0.3, 0.4) is 0 Å². The molecule has 0 heterocycles. The van der Waals surface area contributed by atoms with Gasteiger partial charge in [-0.2, -0.15) is 5.26 Å². The van der Waals surface area contributed by atoms with Crippen LogP contribution < -0.4 is 5.32 Å². The molecular formula is C9H18N2O. The van der Waals surface area contributed by atoms with Crippen molar-refractivity contribution in [3.63, 3.8) is 0 Å². The second kappa shape index (κ2) is 5.13. The van der Waals surface area contributed by atoms with E-state index in [1.165, 1.54) is 0 Å². The van der Waals surface area contributed by atoms with Gasteiger partial charge in [0.05, 0.1) is 12.7 Å². The van der Waals surface area contributed by atoms with E-state index in [2.05, 4.69) is 11.4 Å². The van der Waals surface area contributed by atoms with Gasteiger partial charge >= 0.3 is 0 Å². The number of hydrogen-bond donors (Lipinski definition) is 1. The minimum absolute atomic E-state index is 0.305. The van der Waals surface area contributed by atoms with Crippen molar-refractivity contribution in [2.45, 2.75) is 38.8 Å². The number of nitrogens with zero attached hydrogens (tertiary/aromatic N) is 1. The Kier molecular flexibility index (Phi) is 4.87. The Balaban J connectivity index is 4.27. The second-order valence-electron chi connectivity index (χ2n) is 3.28. The largest absolute Gasteiger partial charge is 0.382 e. The predicted octanol–water partition coefficient (Wildman–Crippen LogP) is 1.30. The van der Waals surface area contributed by atoms with Crippen molar-refractivity contribution in [1.82, 2.24) is 5.32 Å². The molecule has 0 aliphatic carbocycles. The molecule has 1 N–H and O–H groups in total. The number of methoxy groups -OCH3 is 1. The zero-order chi connectivity index (χ0) is 9.61. The van der Waals surface area contributed by atoms with Crippen LogP contribution in [-0.2, 0) is 4.74 Å². The fraction of sp³-hybridized carbons (Fsp3) is 0.889. The van der Waals surface area contributed by atoms with E-state index in [0.29, 0.717) is 12.6 Å². The van der Waals surface area contributed by atoms with E-state index in [-0.39, 0.29) is 0 Å². The molecule has 0 aromatic rings. The molecule has 0 aromatic carbocycles. The minimum Gasteiger partial charge on any atom is -0.382 e. The van der Waals surface area contributed by atoms with E-state index >= 15 is 0 Å². The Hall–Kier alpha value is -0.590. The van der Waals surface area contributed by atoms with Crippen molar-refractivity contribution in [2.24, 2.45) is 0 Å². The summed E-state index contributed by atoms with van der Waals surface area (Å²) in [4.78, 5) is 0. The Morgan fingerprint density at radius 1 is 1.58 bits per heavy atom. The highest BCUT2D eigenvalue weighted by Crippen LogP contribution is 2.10. The van der Waals surface area contributed by atoms with E-state index in [9.17, 15) is 0 Å². The van der Waals surface area contributed by atoms with Crippen LogP contribution in [-0.4, -0.2) is 25.3 Å². The van der Waals surface area contributed by atoms with Crippen LogP contribution in [0, 0.1) is 11.3 Å². The predicted molar refractivity (Wildman–Crippen MR) is 48.8 cm³/mol. The molecule has 1 atom stereocenters. The number of nitrogens with one attached hydrogen (secondary N) is 1. The third kappa shape index (κ3) is 3.21. The van der Waals surface area contributed by atoms with E-state index in [4.69, 9.17) is 10.00 Å². The molecule has 0 radical (unpaired) electrons. The number of ether oxygens (including phenoxy) is 1. The highest BCUT2D eigenvalue weighted by atomic mass is 16.5. The molecule has 3 nitrogen and oxygen atoms in total. The van der Waals surface area contributed by atoms with E-state index in [0.717, 1.165) is 6.42 Å². The summed E-state index contributed by atoms with van der Waals surface area (Å²) in [5.74, 6) is 0. The normalized spacial score (nSPS) is 15.7. The summed E-state index contributed by atoms with van der Waals surface area (Å²) < 4.78 is 5.00. The molecule has 0 amide bonds. The maximum absolute atomic E-state index is 8.96. The number of nitriles is 1. The van der Waals surface area contributed by atoms with Crippen LogP contribution in [0.1, 0.15) is 27.2 Å². The topological polar surface area (TPSA) is 45.0 Å².